The third-order valence-corrected chi connectivity index (χ3v) is 3.90. The third-order valence-electron chi connectivity index (χ3n) is 2.28. The van der Waals surface area contributed by atoms with E-state index in [0.717, 1.165) is 18.2 Å². The Kier molecular flexibility index (Phi) is 4.28. The van der Waals surface area contributed by atoms with Gasteiger partial charge in [0.15, 0.2) is 0 Å². The first-order valence-corrected chi connectivity index (χ1v) is 6.52. The molecule has 1 aromatic rings. The lowest BCUT2D eigenvalue weighted by Crippen LogP contribution is -2.51. The van der Waals surface area contributed by atoms with Crippen LogP contribution in [-0.4, -0.2) is 37.4 Å². The molecule has 0 radical (unpaired) electrons. The highest BCUT2D eigenvalue weighted by atomic mass is 32.2. The van der Waals surface area contributed by atoms with Gasteiger partial charge in [0, 0.05) is 5.69 Å². The summed E-state index contributed by atoms with van der Waals surface area (Å²) in [5.41, 5.74) is 3.89. The summed E-state index contributed by atoms with van der Waals surface area (Å²) < 4.78 is 39.0. The fraction of sp³-hybridized carbons (Fsp3) is 0.400. The van der Waals surface area contributed by atoms with E-state index >= 15 is 0 Å². The number of hydrogen-bond acceptors (Lipinski definition) is 5. The number of nitrogens with two attached hydrogens (primary N) is 1. The van der Waals surface area contributed by atoms with Crippen LogP contribution in [0.5, 0.6) is 0 Å². The van der Waals surface area contributed by atoms with Gasteiger partial charge in [-0.2, -0.15) is 0 Å². The summed E-state index contributed by atoms with van der Waals surface area (Å²) >= 11 is 0. The lowest BCUT2D eigenvalue weighted by molar-refractivity contribution is 0.122. The molecule has 0 aliphatic rings. The van der Waals surface area contributed by atoms with E-state index in [0.29, 0.717) is 0 Å². The van der Waals surface area contributed by atoms with Crippen molar-refractivity contribution in [1.82, 2.24) is 4.72 Å². The average molecular weight is 278 g/mol. The van der Waals surface area contributed by atoms with Crippen molar-refractivity contribution in [3.8, 4) is 0 Å². The van der Waals surface area contributed by atoms with Crippen LogP contribution in [-0.2, 0) is 10.0 Å². The molecule has 5 N–H and O–H groups in total. The Bertz CT molecular complexity index is 508. The van der Waals surface area contributed by atoms with Crippen LogP contribution in [0.4, 0.5) is 10.1 Å². The van der Waals surface area contributed by atoms with Gasteiger partial charge in [0.2, 0.25) is 10.0 Å². The maximum absolute atomic E-state index is 13.1. The minimum absolute atomic E-state index is 0.0370. The van der Waals surface area contributed by atoms with Crippen molar-refractivity contribution in [3.05, 3.63) is 24.0 Å². The van der Waals surface area contributed by atoms with E-state index in [1.54, 1.807) is 0 Å². The summed E-state index contributed by atoms with van der Waals surface area (Å²) in [4.78, 5) is -0.367. The van der Waals surface area contributed by atoms with E-state index in [1.807, 2.05) is 0 Å². The standard InChI is InChI=1S/C10H15FN2O4S/c1-10(5-14,6-15)13-18(16,17)9-3-7(11)2-8(12)4-9/h2-4,13-15H,5-6,12H2,1H3. The molecule has 0 heterocycles. The second-order valence-electron chi connectivity index (χ2n) is 4.20. The fourth-order valence-electron chi connectivity index (χ4n) is 1.24. The van der Waals surface area contributed by atoms with Gasteiger partial charge in [-0.1, -0.05) is 0 Å². The molecule has 0 bridgehead atoms. The third kappa shape index (κ3) is 3.39. The van der Waals surface area contributed by atoms with Crippen LogP contribution in [0.25, 0.3) is 0 Å². The molecule has 0 aliphatic heterocycles. The number of aliphatic hydroxyl groups excluding tert-OH is 2. The molecule has 102 valence electrons. The van der Waals surface area contributed by atoms with Gasteiger partial charge in [-0.15, -0.1) is 0 Å². The first kappa shape index (κ1) is 14.8. The fourth-order valence-corrected chi connectivity index (χ4v) is 2.69. The second-order valence-corrected chi connectivity index (χ2v) is 5.89. The molecule has 0 aliphatic carbocycles. The predicted octanol–water partition coefficient (Wildman–Crippen LogP) is -0.571. The second kappa shape index (κ2) is 5.19. The van der Waals surface area contributed by atoms with Crippen molar-refractivity contribution in [2.24, 2.45) is 0 Å². The lowest BCUT2D eigenvalue weighted by atomic mass is 10.1. The van der Waals surface area contributed by atoms with E-state index in [4.69, 9.17) is 15.9 Å². The maximum Gasteiger partial charge on any atom is 0.241 e. The Balaban J connectivity index is 3.14. The molecule has 1 aromatic carbocycles. The minimum Gasteiger partial charge on any atom is -0.399 e. The van der Waals surface area contributed by atoms with Crippen molar-refractivity contribution < 1.29 is 23.0 Å². The van der Waals surface area contributed by atoms with Gasteiger partial charge in [0.05, 0.1) is 23.6 Å². The molecule has 0 atom stereocenters. The van der Waals surface area contributed by atoms with E-state index in [9.17, 15) is 12.8 Å². The molecule has 18 heavy (non-hydrogen) atoms. The molecule has 0 saturated carbocycles. The number of anilines is 1. The molecule has 0 fully saturated rings. The summed E-state index contributed by atoms with van der Waals surface area (Å²) in [6, 6.07) is 2.87. The molecule has 6 nitrogen and oxygen atoms in total. The zero-order chi connectivity index (χ0) is 14.0. The Morgan fingerprint density at radius 3 is 2.33 bits per heavy atom. The molecule has 0 amide bonds. The number of nitrogens with one attached hydrogen (secondary N) is 1. The van der Waals surface area contributed by atoms with Crippen LogP contribution >= 0.6 is 0 Å². The number of rotatable bonds is 5. The van der Waals surface area contributed by atoms with E-state index in [1.165, 1.54) is 6.92 Å². The highest BCUT2D eigenvalue weighted by Crippen LogP contribution is 2.17. The summed E-state index contributed by atoms with van der Waals surface area (Å²) in [6.45, 7) is 0.105. The molecule has 8 heteroatoms. The smallest absolute Gasteiger partial charge is 0.241 e. The van der Waals surface area contributed by atoms with Crippen LogP contribution in [0.15, 0.2) is 23.1 Å². The highest BCUT2D eigenvalue weighted by molar-refractivity contribution is 7.89. The zero-order valence-corrected chi connectivity index (χ0v) is 10.5. The lowest BCUT2D eigenvalue weighted by Gasteiger charge is -2.25. The number of nitrogen functional groups attached to an aromatic ring is 1. The van der Waals surface area contributed by atoms with Gasteiger partial charge in [0.25, 0.3) is 0 Å². The first-order chi connectivity index (χ1) is 8.22. The zero-order valence-electron chi connectivity index (χ0n) is 9.72. The summed E-state index contributed by atoms with van der Waals surface area (Å²) in [6.07, 6.45) is 0. The van der Waals surface area contributed by atoms with Crippen LogP contribution in [0, 0.1) is 5.82 Å². The van der Waals surface area contributed by atoms with Crippen LogP contribution in [0.1, 0.15) is 6.92 Å². The van der Waals surface area contributed by atoms with Gasteiger partial charge in [-0.25, -0.2) is 17.5 Å². The number of sulfonamides is 1. The number of hydrogen-bond donors (Lipinski definition) is 4. The molecular weight excluding hydrogens is 263 g/mol. The summed E-state index contributed by atoms with van der Waals surface area (Å²) in [7, 11) is -4.08. The van der Waals surface area contributed by atoms with E-state index < -0.39 is 34.6 Å². The molecule has 1 rings (SSSR count). The molecule has 0 spiro atoms. The van der Waals surface area contributed by atoms with Gasteiger partial charge in [0.1, 0.15) is 5.82 Å². The summed E-state index contributed by atoms with van der Waals surface area (Å²) in [5, 5.41) is 18.0. The van der Waals surface area contributed by atoms with E-state index in [2.05, 4.69) is 4.72 Å². The van der Waals surface area contributed by atoms with Gasteiger partial charge >= 0.3 is 0 Å². The predicted molar refractivity (Wildman–Crippen MR) is 63.7 cm³/mol. The average Bonchev–Trinajstić information content (AvgIpc) is 2.27. The monoisotopic (exact) mass is 278 g/mol. The van der Waals surface area contributed by atoms with Crippen molar-refractivity contribution >= 4 is 15.7 Å². The van der Waals surface area contributed by atoms with Crippen LogP contribution < -0.4 is 10.5 Å². The Labute approximate surface area is 104 Å². The summed E-state index contributed by atoms with van der Waals surface area (Å²) in [5.74, 6) is -0.787. The Hall–Kier alpha value is -1.22. The highest BCUT2D eigenvalue weighted by Gasteiger charge is 2.29. The van der Waals surface area contributed by atoms with Crippen LogP contribution in [0.2, 0.25) is 0 Å². The normalized spacial score (nSPS) is 12.7. The van der Waals surface area contributed by atoms with Gasteiger partial charge < -0.3 is 15.9 Å². The van der Waals surface area contributed by atoms with Crippen LogP contribution in [0.3, 0.4) is 0 Å². The number of benzene rings is 1. The maximum atomic E-state index is 13.1. The van der Waals surface area contributed by atoms with Gasteiger partial charge in [-0.3, -0.25) is 0 Å². The van der Waals surface area contributed by atoms with Gasteiger partial charge in [-0.05, 0) is 25.1 Å². The van der Waals surface area contributed by atoms with Crippen molar-refractivity contribution in [1.29, 1.82) is 0 Å². The topological polar surface area (TPSA) is 113 Å². The number of aliphatic hydroxyl groups is 2. The SMILES string of the molecule is CC(CO)(CO)NS(=O)(=O)c1cc(N)cc(F)c1. The minimum atomic E-state index is -4.08. The van der Waals surface area contributed by atoms with E-state index in [-0.39, 0.29) is 10.6 Å². The van der Waals surface area contributed by atoms with Crippen molar-refractivity contribution in [2.75, 3.05) is 18.9 Å². The number of halogens is 1. The molecular formula is C10H15FN2O4S. The largest absolute Gasteiger partial charge is 0.399 e. The Morgan fingerprint density at radius 2 is 1.89 bits per heavy atom. The Morgan fingerprint density at radius 1 is 1.33 bits per heavy atom. The van der Waals surface area contributed by atoms with Crippen molar-refractivity contribution in [2.45, 2.75) is 17.4 Å². The quantitative estimate of drug-likeness (QED) is 0.539. The molecule has 0 aromatic heterocycles. The first-order valence-electron chi connectivity index (χ1n) is 5.04. The van der Waals surface area contributed by atoms with Crippen molar-refractivity contribution in [3.63, 3.8) is 0 Å². The molecule has 0 unspecified atom stereocenters. The molecule has 0 saturated heterocycles.